The van der Waals surface area contributed by atoms with Crippen LogP contribution in [0.5, 0.6) is 0 Å². The molecule has 26 heavy (non-hydrogen) atoms. The Morgan fingerprint density at radius 3 is 2.81 bits per heavy atom. The SMILES string of the molecule is COC(=O)c1ccc(Cl)c(Nc2ccc(NC(=O)C3CCCO3)cn2)c1. The number of amides is 1. The number of aromatic nitrogens is 1. The molecule has 1 amide bonds. The molecule has 1 aromatic carbocycles. The van der Waals surface area contributed by atoms with Crippen LogP contribution in [-0.2, 0) is 14.3 Å². The van der Waals surface area contributed by atoms with Crippen LogP contribution in [0.4, 0.5) is 17.2 Å². The van der Waals surface area contributed by atoms with Gasteiger partial charge in [-0.3, -0.25) is 4.79 Å². The summed E-state index contributed by atoms with van der Waals surface area (Å²) in [4.78, 5) is 27.9. The first-order valence-corrected chi connectivity index (χ1v) is 8.48. The van der Waals surface area contributed by atoms with Crippen molar-refractivity contribution in [3.8, 4) is 0 Å². The maximum Gasteiger partial charge on any atom is 0.337 e. The Hall–Kier alpha value is -2.64. The van der Waals surface area contributed by atoms with Gasteiger partial charge in [0, 0.05) is 6.61 Å². The number of nitrogens with one attached hydrogen (secondary N) is 2. The van der Waals surface area contributed by atoms with Crippen LogP contribution in [0.2, 0.25) is 5.02 Å². The van der Waals surface area contributed by atoms with E-state index in [9.17, 15) is 9.59 Å². The van der Waals surface area contributed by atoms with Crippen molar-refractivity contribution in [1.29, 1.82) is 0 Å². The van der Waals surface area contributed by atoms with E-state index < -0.39 is 12.1 Å². The van der Waals surface area contributed by atoms with Gasteiger partial charge < -0.3 is 20.1 Å². The Labute approximate surface area is 155 Å². The van der Waals surface area contributed by atoms with E-state index in [0.717, 1.165) is 12.8 Å². The first kappa shape index (κ1) is 18.2. The standard InChI is InChI=1S/C18H18ClN3O4/c1-25-18(24)11-4-6-13(19)14(9-11)22-16-7-5-12(10-20-16)21-17(23)15-3-2-8-26-15/h4-7,9-10,15H,2-3,8H2,1H3,(H,20,22)(H,21,23). The van der Waals surface area contributed by atoms with Crippen molar-refractivity contribution in [2.45, 2.75) is 18.9 Å². The molecule has 8 heteroatoms. The Morgan fingerprint density at radius 2 is 2.15 bits per heavy atom. The number of methoxy groups -OCH3 is 1. The zero-order valence-corrected chi connectivity index (χ0v) is 14.9. The fraction of sp³-hybridized carbons (Fsp3) is 0.278. The number of ether oxygens (including phenoxy) is 2. The first-order chi connectivity index (χ1) is 12.6. The fourth-order valence-corrected chi connectivity index (χ4v) is 2.72. The number of rotatable bonds is 5. The summed E-state index contributed by atoms with van der Waals surface area (Å²) in [5.74, 6) is -0.104. The van der Waals surface area contributed by atoms with Crippen LogP contribution >= 0.6 is 11.6 Å². The molecule has 0 saturated carbocycles. The molecule has 1 aliphatic rings. The smallest absolute Gasteiger partial charge is 0.337 e. The number of hydrogen-bond acceptors (Lipinski definition) is 6. The first-order valence-electron chi connectivity index (χ1n) is 8.10. The highest BCUT2D eigenvalue weighted by Gasteiger charge is 2.23. The molecule has 3 rings (SSSR count). The summed E-state index contributed by atoms with van der Waals surface area (Å²) < 4.78 is 10.0. The minimum absolute atomic E-state index is 0.168. The topological polar surface area (TPSA) is 89.6 Å². The highest BCUT2D eigenvalue weighted by atomic mass is 35.5. The molecule has 1 aliphatic heterocycles. The van der Waals surface area contributed by atoms with E-state index in [-0.39, 0.29) is 5.91 Å². The molecule has 1 atom stereocenters. The van der Waals surface area contributed by atoms with E-state index in [1.165, 1.54) is 13.3 Å². The molecule has 1 saturated heterocycles. The van der Waals surface area contributed by atoms with Crippen molar-refractivity contribution < 1.29 is 19.1 Å². The van der Waals surface area contributed by atoms with Crippen molar-refractivity contribution >= 4 is 40.7 Å². The van der Waals surface area contributed by atoms with Gasteiger partial charge in [0.2, 0.25) is 0 Å². The van der Waals surface area contributed by atoms with Gasteiger partial charge >= 0.3 is 5.97 Å². The third-order valence-corrected chi connectivity index (χ3v) is 4.23. The molecule has 2 heterocycles. The quantitative estimate of drug-likeness (QED) is 0.779. The molecule has 0 spiro atoms. The molecule has 0 aliphatic carbocycles. The molecular weight excluding hydrogens is 358 g/mol. The second kappa shape index (κ2) is 8.16. The molecule has 1 aromatic heterocycles. The Bertz CT molecular complexity index is 805. The Balaban J connectivity index is 1.67. The number of benzene rings is 1. The van der Waals surface area contributed by atoms with E-state index in [0.29, 0.717) is 34.4 Å². The number of hydrogen-bond donors (Lipinski definition) is 2. The van der Waals surface area contributed by atoms with Gasteiger partial charge in [-0.2, -0.15) is 0 Å². The summed E-state index contributed by atoms with van der Waals surface area (Å²) in [6.07, 6.45) is 2.76. The average Bonchev–Trinajstić information content (AvgIpc) is 3.19. The number of carbonyl (C=O) groups excluding carboxylic acids is 2. The molecule has 1 fully saturated rings. The lowest BCUT2D eigenvalue weighted by Crippen LogP contribution is -2.26. The van der Waals surface area contributed by atoms with E-state index in [2.05, 4.69) is 15.6 Å². The molecule has 0 bridgehead atoms. The van der Waals surface area contributed by atoms with Crippen molar-refractivity contribution in [3.63, 3.8) is 0 Å². The van der Waals surface area contributed by atoms with Crippen LogP contribution in [0.3, 0.4) is 0 Å². The number of nitrogens with zero attached hydrogens (tertiary/aromatic N) is 1. The lowest BCUT2D eigenvalue weighted by atomic mass is 10.2. The Kier molecular flexibility index (Phi) is 5.70. The van der Waals surface area contributed by atoms with Crippen molar-refractivity contribution in [1.82, 2.24) is 4.98 Å². The predicted molar refractivity (Wildman–Crippen MR) is 97.9 cm³/mol. The zero-order valence-electron chi connectivity index (χ0n) is 14.1. The normalized spacial score (nSPS) is 16.2. The summed E-state index contributed by atoms with van der Waals surface area (Å²) in [6.45, 7) is 0.616. The summed E-state index contributed by atoms with van der Waals surface area (Å²) in [5, 5.41) is 6.26. The van der Waals surface area contributed by atoms with Crippen molar-refractivity contribution in [3.05, 3.63) is 47.1 Å². The lowest BCUT2D eigenvalue weighted by molar-refractivity contribution is -0.124. The third kappa shape index (κ3) is 4.30. The minimum Gasteiger partial charge on any atom is -0.465 e. The van der Waals surface area contributed by atoms with Gasteiger partial charge in [-0.15, -0.1) is 0 Å². The summed E-state index contributed by atoms with van der Waals surface area (Å²) in [7, 11) is 1.31. The van der Waals surface area contributed by atoms with E-state index in [1.807, 2.05) is 0 Å². The van der Waals surface area contributed by atoms with Crippen LogP contribution < -0.4 is 10.6 Å². The molecule has 1 unspecified atom stereocenters. The second-order valence-electron chi connectivity index (χ2n) is 5.73. The number of anilines is 3. The summed E-state index contributed by atoms with van der Waals surface area (Å²) in [6, 6.07) is 8.19. The van der Waals surface area contributed by atoms with Crippen LogP contribution in [-0.4, -0.2) is 36.7 Å². The molecule has 2 N–H and O–H groups in total. The van der Waals surface area contributed by atoms with E-state index in [1.54, 1.807) is 30.3 Å². The van der Waals surface area contributed by atoms with Gasteiger partial charge in [-0.25, -0.2) is 9.78 Å². The maximum absolute atomic E-state index is 12.0. The monoisotopic (exact) mass is 375 g/mol. The third-order valence-electron chi connectivity index (χ3n) is 3.90. The number of esters is 1. The maximum atomic E-state index is 12.0. The van der Waals surface area contributed by atoms with Crippen molar-refractivity contribution in [2.24, 2.45) is 0 Å². The van der Waals surface area contributed by atoms with Gasteiger partial charge in [0.1, 0.15) is 11.9 Å². The number of pyridine rings is 1. The largest absolute Gasteiger partial charge is 0.465 e. The molecule has 2 aromatic rings. The molecule has 0 radical (unpaired) electrons. The van der Waals surface area contributed by atoms with Gasteiger partial charge in [0.05, 0.1) is 35.3 Å². The number of carbonyl (C=O) groups is 2. The van der Waals surface area contributed by atoms with Crippen molar-refractivity contribution in [2.75, 3.05) is 24.4 Å². The average molecular weight is 376 g/mol. The molecular formula is C18H18ClN3O4. The van der Waals surface area contributed by atoms with E-state index in [4.69, 9.17) is 21.1 Å². The summed E-state index contributed by atoms with van der Waals surface area (Å²) >= 11 is 6.15. The zero-order chi connectivity index (χ0) is 18.5. The fourth-order valence-electron chi connectivity index (χ4n) is 2.55. The van der Waals surface area contributed by atoms with Crippen LogP contribution in [0.25, 0.3) is 0 Å². The Morgan fingerprint density at radius 1 is 1.31 bits per heavy atom. The molecule has 7 nitrogen and oxygen atoms in total. The van der Waals surface area contributed by atoms with Gasteiger partial charge in [-0.05, 0) is 43.2 Å². The number of halogens is 1. The second-order valence-corrected chi connectivity index (χ2v) is 6.14. The van der Waals surface area contributed by atoms with Gasteiger partial charge in [0.15, 0.2) is 0 Å². The minimum atomic E-state index is -0.454. The van der Waals surface area contributed by atoms with Crippen LogP contribution in [0.15, 0.2) is 36.5 Å². The van der Waals surface area contributed by atoms with Gasteiger partial charge in [0.25, 0.3) is 5.91 Å². The highest BCUT2D eigenvalue weighted by Crippen LogP contribution is 2.26. The summed E-state index contributed by atoms with van der Waals surface area (Å²) in [5.41, 5.74) is 1.48. The van der Waals surface area contributed by atoms with Crippen LogP contribution in [0, 0.1) is 0 Å². The highest BCUT2D eigenvalue weighted by molar-refractivity contribution is 6.33. The lowest BCUT2D eigenvalue weighted by Gasteiger charge is -2.12. The van der Waals surface area contributed by atoms with Crippen LogP contribution in [0.1, 0.15) is 23.2 Å². The molecule has 136 valence electrons. The predicted octanol–water partition coefficient (Wildman–Crippen LogP) is 3.38. The van der Waals surface area contributed by atoms with E-state index >= 15 is 0 Å². The van der Waals surface area contributed by atoms with Gasteiger partial charge in [-0.1, -0.05) is 11.6 Å².